The molecule has 0 radical (unpaired) electrons. The molecule has 1 aliphatic rings. The zero-order valence-electron chi connectivity index (χ0n) is 7.68. The highest BCUT2D eigenvalue weighted by molar-refractivity contribution is 9.10. The molecule has 0 saturated carbocycles. The maximum Gasteiger partial charge on any atom is 0.0445 e. The van der Waals surface area contributed by atoms with Gasteiger partial charge in [-0.25, -0.2) is 0 Å². The van der Waals surface area contributed by atoms with Crippen molar-refractivity contribution in [1.29, 1.82) is 0 Å². The Balaban J connectivity index is 2.48. The first-order valence-corrected chi connectivity index (χ1v) is 5.25. The monoisotopic (exact) mass is 237 g/mol. The van der Waals surface area contributed by atoms with Gasteiger partial charge in [-0.05, 0) is 30.7 Å². The molecule has 0 unspecified atom stereocenters. The summed E-state index contributed by atoms with van der Waals surface area (Å²) in [4.78, 5) is 2.27. The molecule has 68 valence electrons. The average Bonchev–Trinajstić information content (AvgIpc) is 2.39. The largest absolute Gasteiger partial charge is 0.345 e. The number of allylic oxidation sites excluding steroid dienone is 1. The predicted molar refractivity (Wildman–Crippen MR) is 60.0 cm³/mol. The van der Waals surface area contributed by atoms with Gasteiger partial charge in [-0.15, -0.1) is 0 Å². The first kappa shape index (κ1) is 8.82. The highest BCUT2D eigenvalue weighted by Crippen LogP contribution is 2.34. The number of halogens is 1. The van der Waals surface area contributed by atoms with Crippen molar-refractivity contribution >= 4 is 21.6 Å². The number of rotatable bonds is 1. The number of likely N-dealkylation sites (N-methyl/N-ethyl adjacent to an activating group) is 1. The van der Waals surface area contributed by atoms with Crippen molar-refractivity contribution < 1.29 is 0 Å². The van der Waals surface area contributed by atoms with Crippen LogP contribution in [0.2, 0.25) is 0 Å². The third kappa shape index (κ3) is 1.39. The minimum absolute atomic E-state index is 0.989. The van der Waals surface area contributed by atoms with Crippen LogP contribution in [0, 0.1) is 0 Å². The summed E-state index contributed by atoms with van der Waals surface area (Å²) in [5, 5.41) is 0. The van der Waals surface area contributed by atoms with Crippen molar-refractivity contribution in [2.75, 3.05) is 11.4 Å². The van der Waals surface area contributed by atoms with E-state index in [0.717, 1.165) is 17.4 Å². The van der Waals surface area contributed by atoms with E-state index in [1.165, 1.54) is 16.9 Å². The van der Waals surface area contributed by atoms with E-state index in [9.17, 15) is 0 Å². The van der Waals surface area contributed by atoms with E-state index in [1.54, 1.807) is 0 Å². The Kier molecular flexibility index (Phi) is 2.16. The van der Waals surface area contributed by atoms with Crippen molar-refractivity contribution in [1.82, 2.24) is 0 Å². The Morgan fingerprint density at radius 2 is 2.31 bits per heavy atom. The molecule has 0 N–H and O–H groups in total. The predicted octanol–water partition coefficient (Wildman–Crippen LogP) is 3.35. The normalized spacial score (nSPS) is 14.9. The van der Waals surface area contributed by atoms with E-state index < -0.39 is 0 Å². The van der Waals surface area contributed by atoms with Gasteiger partial charge in [-0.1, -0.05) is 22.5 Å². The molecule has 0 saturated heterocycles. The first-order valence-electron chi connectivity index (χ1n) is 4.46. The minimum Gasteiger partial charge on any atom is -0.345 e. The summed E-state index contributed by atoms with van der Waals surface area (Å²) in [6.45, 7) is 7.22. The standard InChI is InChI=1S/C11H12BrN/c1-3-13-8(2)6-9-7-10(12)4-5-11(9)13/h4-5,7H,2-3,6H2,1H3. The molecule has 2 heteroatoms. The van der Waals surface area contributed by atoms with E-state index >= 15 is 0 Å². The topological polar surface area (TPSA) is 3.24 Å². The van der Waals surface area contributed by atoms with Gasteiger partial charge < -0.3 is 4.90 Å². The van der Waals surface area contributed by atoms with Crippen molar-refractivity contribution in [2.45, 2.75) is 13.3 Å². The summed E-state index contributed by atoms with van der Waals surface area (Å²) >= 11 is 3.48. The Bertz CT molecular complexity index is 357. The number of hydrogen-bond donors (Lipinski definition) is 0. The number of benzene rings is 1. The summed E-state index contributed by atoms with van der Waals surface area (Å²) in [5.41, 5.74) is 3.90. The summed E-state index contributed by atoms with van der Waals surface area (Å²) in [7, 11) is 0. The number of hydrogen-bond acceptors (Lipinski definition) is 1. The van der Waals surface area contributed by atoms with Gasteiger partial charge >= 0.3 is 0 Å². The van der Waals surface area contributed by atoms with Gasteiger partial charge in [0, 0.05) is 28.8 Å². The lowest BCUT2D eigenvalue weighted by Gasteiger charge is -2.17. The molecule has 0 spiro atoms. The Morgan fingerprint density at radius 3 is 3.00 bits per heavy atom. The maximum atomic E-state index is 4.06. The lowest BCUT2D eigenvalue weighted by atomic mass is 10.1. The highest BCUT2D eigenvalue weighted by Gasteiger charge is 2.20. The van der Waals surface area contributed by atoms with E-state index in [-0.39, 0.29) is 0 Å². The van der Waals surface area contributed by atoms with Crippen molar-refractivity contribution in [3.63, 3.8) is 0 Å². The molecule has 1 heterocycles. The van der Waals surface area contributed by atoms with Gasteiger partial charge in [0.15, 0.2) is 0 Å². The van der Waals surface area contributed by atoms with E-state index in [1.807, 2.05) is 0 Å². The van der Waals surface area contributed by atoms with Crippen LogP contribution in [-0.2, 0) is 6.42 Å². The van der Waals surface area contributed by atoms with Gasteiger partial charge in [-0.3, -0.25) is 0 Å². The fraction of sp³-hybridized carbons (Fsp3) is 0.273. The molecule has 1 aliphatic heterocycles. The molecule has 1 aromatic carbocycles. The lowest BCUT2D eigenvalue weighted by molar-refractivity contribution is 0.972. The van der Waals surface area contributed by atoms with Crippen LogP contribution in [0.5, 0.6) is 0 Å². The van der Waals surface area contributed by atoms with Crippen LogP contribution in [0.25, 0.3) is 0 Å². The molecular formula is C11H12BrN. The van der Waals surface area contributed by atoms with Gasteiger partial charge in [-0.2, -0.15) is 0 Å². The Hall–Kier alpha value is -0.760. The van der Waals surface area contributed by atoms with Gasteiger partial charge in [0.2, 0.25) is 0 Å². The van der Waals surface area contributed by atoms with Crippen LogP contribution >= 0.6 is 15.9 Å². The van der Waals surface area contributed by atoms with Gasteiger partial charge in [0.25, 0.3) is 0 Å². The van der Waals surface area contributed by atoms with Crippen molar-refractivity contribution in [3.8, 4) is 0 Å². The van der Waals surface area contributed by atoms with Crippen LogP contribution in [0.1, 0.15) is 12.5 Å². The molecule has 1 aromatic rings. The van der Waals surface area contributed by atoms with Crippen LogP contribution in [-0.4, -0.2) is 6.54 Å². The minimum atomic E-state index is 0.989. The fourth-order valence-corrected chi connectivity index (χ4v) is 2.25. The second-order valence-electron chi connectivity index (χ2n) is 3.26. The fourth-order valence-electron chi connectivity index (χ4n) is 1.84. The zero-order valence-corrected chi connectivity index (χ0v) is 9.26. The van der Waals surface area contributed by atoms with Gasteiger partial charge in [0.1, 0.15) is 0 Å². The third-order valence-corrected chi connectivity index (χ3v) is 2.92. The van der Waals surface area contributed by atoms with Crippen LogP contribution in [0.15, 0.2) is 34.9 Å². The Morgan fingerprint density at radius 1 is 1.54 bits per heavy atom. The molecule has 0 bridgehead atoms. The van der Waals surface area contributed by atoms with E-state index in [4.69, 9.17) is 0 Å². The van der Waals surface area contributed by atoms with Gasteiger partial charge in [0.05, 0.1) is 0 Å². The van der Waals surface area contributed by atoms with Crippen LogP contribution in [0.3, 0.4) is 0 Å². The number of nitrogens with zero attached hydrogens (tertiary/aromatic N) is 1. The summed E-state index contributed by atoms with van der Waals surface area (Å²) < 4.78 is 1.15. The Labute approximate surface area is 87.2 Å². The lowest BCUT2D eigenvalue weighted by Crippen LogP contribution is -2.16. The second kappa shape index (κ2) is 3.18. The third-order valence-electron chi connectivity index (χ3n) is 2.42. The van der Waals surface area contributed by atoms with Crippen molar-refractivity contribution in [3.05, 3.63) is 40.5 Å². The molecular weight excluding hydrogens is 226 g/mol. The van der Waals surface area contributed by atoms with Crippen LogP contribution < -0.4 is 4.90 Å². The maximum absolute atomic E-state index is 4.06. The second-order valence-corrected chi connectivity index (χ2v) is 4.18. The summed E-state index contributed by atoms with van der Waals surface area (Å²) in [5.74, 6) is 0. The summed E-state index contributed by atoms with van der Waals surface area (Å²) in [6.07, 6.45) is 0.989. The molecule has 1 nitrogen and oxygen atoms in total. The molecule has 0 atom stereocenters. The first-order chi connectivity index (χ1) is 6.22. The molecule has 0 amide bonds. The quantitative estimate of drug-likeness (QED) is 0.725. The number of anilines is 1. The number of fused-ring (bicyclic) bond motifs is 1. The molecule has 0 aliphatic carbocycles. The molecule has 0 fully saturated rings. The molecule has 13 heavy (non-hydrogen) atoms. The highest BCUT2D eigenvalue weighted by atomic mass is 79.9. The molecule has 2 rings (SSSR count). The van der Waals surface area contributed by atoms with Crippen molar-refractivity contribution in [2.24, 2.45) is 0 Å². The van der Waals surface area contributed by atoms with E-state index in [0.29, 0.717) is 0 Å². The SMILES string of the molecule is C=C1Cc2cc(Br)ccc2N1CC. The molecule has 0 aromatic heterocycles. The van der Waals surface area contributed by atoms with E-state index in [2.05, 4.69) is 52.5 Å². The average molecular weight is 238 g/mol. The van der Waals surface area contributed by atoms with Crippen LogP contribution in [0.4, 0.5) is 5.69 Å². The zero-order chi connectivity index (χ0) is 9.42. The smallest absolute Gasteiger partial charge is 0.0445 e. The summed E-state index contributed by atoms with van der Waals surface area (Å²) in [6, 6.07) is 6.41.